The molecule has 3 aromatic carbocycles. The molecule has 0 heterocycles. The van der Waals surface area contributed by atoms with Gasteiger partial charge in [-0.1, -0.05) is 91.0 Å². The standard InChI is InChI=1S/C30H36NO6P/c1-2-36-38(34,22-12-19-25-13-6-3-7-14-25)37-28(23-26-15-8-4-9-16-26)30(33)31-21-20-29(32)35-24-27-17-10-5-11-18-27/h3-11,13-18,28H,2,12,19-24H2,1H3,(H,31,33)/t28-,38?/m0/s1. The van der Waals surface area contributed by atoms with Crippen LogP contribution in [0.1, 0.15) is 36.5 Å². The fourth-order valence-electron chi connectivity index (χ4n) is 3.88. The van der Waals surface area contributed by atoms with Gasteiger partial charge in [-0.15, -0.1) is 0 Å². The molecule has 3 aromatic rings. The smallest absolute Gasteiger partial charge is 0.331 e. The third-order valence-electron chi connectivity index (χ3n) is 5.78. The second-order valence-electron chi connectivity index (χ2n) is 8.81. The first-order valence-corrected chi connectivity index (χ1v) is 14.7. The largest absolute Gasteiger partial charge is 0.461 e. The number of amides is 1. The van der Waals surface area contributed by atoms with Crippen LogP contribution < -0.4 is 5.32 Å². The van der Waals surface area contributed by atoms with Crippen LogP contribution in [0.25, 0.3) is 0 Å². The molecule has 0 saturated heterocycles. The predicted octanol–water partition coefficient (Wildman–Crippen LogP) is 5.73. The maximum absolute atomic E-state index is 13.6. The number of rotatable bonds is 16. The first kappa shape index (κ1) is 29.3. The summed E-state index contributed by atoms with van der Waals surface area (Å²) in [6.45, 7) is 2.21. The Morgan fingerprint density at radius 3 is 2.03 bits per heavy atom. The van der Waals surface area contributed by atoms with Crippen LogP contribution in [0.4, 0.5) is 0 Å². The molecule has 0 aliphatic carbocycles. The summed E-state index contributed by atoms with van der Waals surface area (Å²) in [4.78, 5) is 25.3. The molecule has 0 radical (unpaired) electrons. The van der Waals surface area contributed by atoms with E-state index in [0.29, 0.717) is 6.42 Å². The normalized spacial score (nSPS) is 13.3. The molecule has 2 atom stereocenters. The third-order valence-corrected chi connectivity index (χ3v) is 7.87. The summed E-state index contributed by atoms with van der Waals surface area (Å²) in [5.74, 6) is -0.872. The molecular weight excluding hydrogens is 501 g/mol. The molecular formula is C30H36NO6P. The molecule has 0 bridgehead atoms. The molecule has 0 saturated carbocycles. The van der Waals surface area contributed by atoms with Gasteiger partial charge in [-0.25, -0.2) is 0 Å². The lowest BCUT2D eigenvalue weighted by molar-refractivity contribution is -0.144. The molecule has 3 rings (SSSR count). The molecule has 1 amide bonds. The van der Waals surface area contributed by atoms with Crippen LogP contribution in [0.2, 0.25) is 0 Å². The summed E-state index contributed by atoms with van der Waals surface area (Å²) in [6, 6.07) is 28.7. The Morgan fingerprint density at radius 1 is 0.842 bits per heavy atom. The molecule has 1 unspecified atom stereocenters. The van der Waals surface area contributed by atoms with E-state index in [1.165, 1.54) is 0 Å². The number of hydrogen-bond acceptors (Lipinski definition) is 6. The van der Waals surface area contributed by atoms with E-state index in [4.69, 9.17) is 13.8 Å². The summed E-state index contributed by atoms with van der Waals surface area (Å²) in [5, 5.41) is 2.74. The van der Waals surface area contributed by atoms with Gasteiger partial charge >= 0.3 is 13.6 Å². The van der Waals surface area contributed by atoms with E-state index >= 15 is 0 Å². The minimum atomic E-state index is -3.55. The van der Waals surface area contributed by atoms with Gasteiger partial charge in [-0.3, -0.25) is 18.7 Å². The minimum Gasteiger partial charge on any atom is -0.461 e. The number of esters is 1. The van der Waals surface area contributed by atoms with Crippen molar-refractivity contribution in [3.05, 3.63) is 108 Å². The summed E-state index contributed by atoms with van der Waals surface area (Å²) in [6.07, 6.45) is 0.709. The molecule has 202 valence electrons. The highest BCUT2D eigenvalue weighted by atomic mass is 31.2. The molecule has 0 spiro atoms. The van der Waals surface area contributed by atoms with Crippen LogP contribution in [-0.4, -0.2) is 37.3 Å². The molecule has 0 aliphatic rings. The summed E-state index contributed by atoms with van der Waals surface area (Å²) in [7, 11) is -3.55. The second kappa shape index (κ2) is 15.9. The Balaban J connectivity index is 1.57. The lowest BCUT2D eigenvalue weighted by Crippen LogP contribution is -2.38. The van der Waals surface area contributed by atoms with Gasteiger partial charge in [0.2, 0.25) is 5.91 Å². The van der Waals surface area contributed by atoms with Crippen molar-refractivity contribution < 1.29 is 27.9 Å². The number of benzene rings is 3. The van der Waals surface area contributed by atoms with Crippen molar-refractivity contribution in [3.8, 4) is 0 Å². The lowest BCUT2D eigenvalue weighted by Gasteiger charge is -2.24. The zero-order chi connectivity index (χ0) is 27.1. The van der Waals surface area contributed by atoms with Gasteiger partial charge in [0.25, 0.3) is 0 Å². The number of carbonyl (C=O) groups excluding carboxylic acids is 2. The van der Waals surface area contributed by atoms with Crippen molar-refractivity contribution in [3.63, 3.8) is 0 Å². The van der Waals surface area contributed by atoms with Crippen LogP contribution in [-0.2, 0) is 47.4 Å². The first-order chi connectivity index (χ1) is 18.5. The maximum Gasteiger partial charge on any atom is 0.331 e. The monoisotopic (exact) mass is 537 g/mol. The van der Waals surface area contributed by atoms with Gasteiger partial charge in [-0.2, -0.15) is 0 Å². The van der Waals surface area contributed by atoms with Crippen LogP contribution in [0, 0.1) is 0 Å². The van der Waals surface area contributed by atoms with Gasteiger partial charge in [0.05, 0.1) is 19.2 Å². The van der Waals surface area contributed by atoms with Crippen LogP contribution >= 0.6 is 7.60 Å². The van der Waals surface area contributed by atoms with Gasteiger partial charge in [0, 0.05) is 13.0 Å². The summed E-state index contributed by atoms with van der Waals surface area (Å²) < 4.78 is 30.4. The Kier molecular flexibility index (Phi) is 12.2. The van der Waals surface area contributed by atoms with Gasteiger partial charge in [0.15, 0.2) is 0 Å². The van der Waals surface area contributed by atoms with Crippen molar-refractivity contribution in [1.29, 1.82) is 0 Å². The zero-order valence-electron chi connectivity index (χ0n) is 21.8. The average Bonchev–Trinajstić information content (AvgIpc) is 2.93. The van der Waals surface area contributed by atoms with Gasteiger partial charge in [-0.05, 0) is 36.5 Å². The summed E-state index contributed by atoms with van der Waals surface area (Å²) >= 11 is 0. The van der Waals surface area contributed by atoms with E-state index in [2.05, 4.69) is 5.32 Å². The Labute approximate surface area is 225 Å². The Hall–Kier alpha value is -3.25. The van der Waals surface area contributed by atoms with E-state index in [-0.39, 0.29) is 38.8 Å². The van der Waals surface area contributed by atoms with Crippen LogP contribution in [0.5, 0.6) is 0 Å². The van der Waals surface area contributed by atoms with Gasteiger partial charge < -0.3 is 14.6 Å². The van der Waals surface area contributed by atoms with Crippen molar-refractivity contribution in [1.82, 2.24) is 5.32 Å². The van der Waals surface area contributed by atoms with Crippen molar-refractivity contribution in [2.24, 2.45) is 0 Å². The highest BCUT2D eigenvalue weighted by Gasteiger charge is 2.32. The maximum atomic E-state index is 13.6. The minimum absolute atomic E-state index is 0.0107. The quantitative estimate of drug-likeness (QED) is 0.186. The molecule has 8 heteroatoms. The highest BCUT2D eigenvalue weighted by Crippen LogP contribution is 2.50. The number of carbonyl (C=O) groups is 2. The number of ether oxygens (including phenoxy) is 1. The molecule has 38 heavy (non-hydrogen) atoms. The SMILES string of the molecule is CCOP(=O)(CCCc1ccccc1)O[C@@H](Cc1ccccc1)C(=O)NCCC(=O)OCc1ccccc1. The van der Waals surface area contributed by atoms with E-state index in [1.807, 2.05) is 91.0 Å². The van der Waals surface area contributed by atoms with Crippen molar-refractivity contribution in [2.75, 3.05) is 19.3 Å². The van der Waals surface area contributed by atoms with Gasteiger partial charge in [0.1, 0.15) is 12.7 Å². The topological polar surface area (TPSA) is 90.9 Å². The zero-order valence-corrected chi connectivity index (χ0v) is 22.7. The van der Waals surface area contributed by atoms with Crippen LogP contribution in [0.3, 0.4) is 0 Å². The third kappa shape index (κ3) is 10.6. The number of hydrogen-bond donors (Lipinski definition) is 1. The van der Waals surface area contributed by atoms with Crippen molar-refractivity contribution in [2.45, 2.75) is 45.3 Å². The van der Waals surface area contributed by atoms with E-state index in [0.717, 1.165) is 23.1 Å². The first-order valence-electron chi connectivity index (χ1n) is 12.9. The fourth-order valence-corrected chi connectivity index (χ4v) is 5.67. The van der Waals surface area contributed by atoms with E-state index in [1.54, 1.807) is 6.92 Å². The Morgan fingerprint density at radius 2 is 1.42 bits per heavy atom. The second-order valence-corrected chi connectivity index (χ2v) is 11.0. The van der Waals surface area contributed by atoms with Crippen LogP contribution in [0.15, 0.2) is 91.0 Å². The lowest BCUT2D eigenvalue weighted by atomic mass is 10.1. The molecule has 0 aliphatic heterocycles. The number of aryl methyl sites for hydroxylation is 1. The molecule has 0 fully saturated rings. The summed E-state index contributed by atoms with van der Waals surface area (Å²) in [5.41, 5.74) is 2.88. The highest BCUT2D eigenvalue weighted by molar-refractivity contribution is 7.53. The predicted molar refractivity (Wildman–Crippen MR) is 148 cm³/mol. The number of nitrogens with one attached hydrogen (secondary N) is 1. The van der Waals surface area contributed by atoms with E-state index < -0.39 is 25.6 Å². The Bertz CT molecular complexity index is 1160. The molecule has 0 aromatic heterocycles. The average molecular weight is 538 g/mol. The fraction of sp³-hybridized carbons (Fsp3) is 0.333. The van der Waals surface area contributed by atoms with Crippen molar-refractivity contribution >= 4 is 19.5 Å². The molecule has 1 N–H and O–H groups in total. The molecule has 7 nitrogen and oxygen atoms in total. The van der Waals surface area contributed by atoms with E-state index in [9.17, 15) is 14.2 Å².